The number of halogens is 3. The molecule has 0 radical (unpaired) electrons. The van der Waals surface area contributed by atoms with E-state index in [1.807, 2.05) is 13.8 Å². The van der Waals surface area contributed by atoms with E-state index in [9.17, 15) is 22.8 Å². The van der Waals surface area contributed by atoms with Crippen LogP contribution in [0.2, 0.25) is 0 Å². The molecule has 0 saturated carbocycles. The third-order valence-electron chi connectivity index (χ3n) is 5.64. The summed E-state index contributed by atoms with van der Waals surface area (Å²) in [7, 11) is 0. The topological polar surface area (TPSA) is 70.4 Å². The molecule has 0 saturated heterocycles. The van der Waals surface area contributed by atoms with Crippen molar-refractivity contribution in [2.45, 2.75) is 40.0 Å². The first-order valence-corrected chi connectivity index (χ1v) is 11.7. The predicted molar refractivity (Wildman–Crippen MR) is 133 cm³/mol. The molecule has 0 N–H and O–H groups in total. The van der Waals surface area contributed by atoms with Crippen LogP contribution in [0.25, 0.3) is 27.8 Å². The predicted octanol–water partition coefficient (Wildman–Crippen LogP) is 6.88. The van der Waals surface area contributed by atoms with Crippen LogP contribution in [0.5, 0.6) is 5.75 Å². The van der Waals surface area contributed by atoms with Crippen LogP contribution in [0.3, 0.4) is 0 Å². The molecule has 2 aromatic carbocycles. The van der Waals surface area contributed by atoms with Crippen LogP contribution in [0.15, 0.2) is 60.8 Å². The highest BCUT2D eigenvalue weighted by molar-refractivity contribution is 6.16. The van der Waals surface area contributed by atoms with Crippen molar-refractivity contribution >= 4 is 22.7 Å². The molecule has 0 fully saturated rings. The minimum Gasteiger partial charge on any atom is -0.491 e. The molecule has 0 aliphatic rings. The average molecular weight is 511 g/mol. The molecule has 0 atom stereocenters. The quantitative estimate of drug-likeness (QED) is 0.200. The second kappa shape index (κ2) is 10.1. The number of fused-ring (bicyclic) bond motifs is 1. The van der Waals surface area contributed by atoms with Crippen LogP contribution >= 0.6 is 0 Å². The minimum atomic E-state index is -4.50. The molecule has 192 valence electrons. The largest absolute Gasteiger partial charge is 0.491 e. The van der Waals surface area contributed by atoms with Crippen molar-refractivity contribution in [1.82, 2.24) is 9.55 Å². The van der Waals surface area contributed by atoms with Gasteiger partial charge in [-0.3, -0.25) is 9.78 Å². The van der Waals surface area contributed by atoms with Crippen molar-refractivity contribution in [3.8, 4) is 22.7 Å². The van der Waals surface area contributed by atoms with Crippen LogP contribution in [-0.2, 0) is 10.9 Å². The molecule has 0 bridgehead atoms. The number of alkyl halides is 3. The van der Waals surface area contributed by atoms with Crippen LogP contribution in [0.4, 0.5) is 13.2 Å². The Bertz CT molecular complexity index is 1450. The standard InChI is InChI=1S/C28H25F3N2O4/c1-5-36-27(35)26-25(17(4)34)22-14-18(23-12-7-19(15-32-23)28(29,30)31)6-13-24(22)33(26)20-8-10-21(11-9-20)37-16(2)3/h6-16H,5H2,1-4H3. The number of ketones is 1. The average Bonchev–Trinajstić information content (AvgIpc) is 3.19. The fourth-order valence-electron chi connectivity index (χ4n) is 4.15. The van der Waals surface area contributed by atoms with Crippen molar-refractivity contribution in [3.63, 3.8) is 0 Å². The second-order valence-corrected chi connectivity index (χ2v) is 8.66. The molecule has 4 aromatic rings. The molecule has 9 heteroatoms. The molecule has 0 unspecified atom stereocenters. The number of hydrogen-bond donors (Lipinski definition) is 0. The van der Waals surface area contributed by atoms with Gasteiger partial charge >= 0.3 is 12.1 Å². The summed E-state index contributed by atoms with van der Waals surface area (Å²) >= 11 is 0. The van der Waals surface area contributed by atoms with Gasteiger partial charge in [0, 0.05) is 22.8 Å². The van der Waals surface area contributed by atoms with Crippen LogP contribution in [-0.4, -0.2) is 34.0 Å². The van der Waals surface area contributed by atoms with Gasteiger partial charge in [-0.05, 0) is 76.2 Å². The molecule has 0 amide bonds. The summed E-state index contributed by atoms with van der Waals surface area (Å²) in [5.41, 5.74) is 1.33. The SMILES string of the molecule is CCOC(=O)c1c(C(C)=O)c2cc(-c3ccc(C(F)(F)F)cn3)ccc2n1-c1ccc(OC(C)C)cc1. The van der Waals surface area contributed by atoms with Gasteiger partial charge in [-0.2, -0.15) is 13.2 Å². The summed E-state index contributed by atoms with van der Waals surface area (Å²) in [6.45, 7) is 6.96. The number of benzene rings is 2. The first-order valence-electron chi connectivity index (χ1n) is 11.7. The van der Waals surface area contributed by atoms with E-state index in [0.717, 1.165) is 12.3 Å². The number of aromatic nitrogens is 2. The van der Waals surface area contributed by atoms with Crippen LogP contribution in [0.1, 0.15) is 54.1 Å². The number of rotatable bonds is 7. The van der Waals surface area contributed by atoms with Gasteiger partial charge in [0.05, 0.1) is 35.0 Å². The maximum absolute atomic E-state index is 13.1. The lowest BCUT2D eigenvalue weighted by molar-refractivity contribution is -0.137. The molecule has 0 spiro atoms. The van der Waals surface area contributed by atoms with E-state index in [1.165, 1.54) is 13.0 Å². The van der Waals surface area contributed by atoms with E-state index in [4.69, 9.17) is 9.47 Å². The molecule has 37 heavy (non-hydrogen) atoms. The third kappa shape index (κ3) is 5.21. The Balaban J connectivity index is 1.93. The van der Waals surface area contributed by atoms with Gasteiger partial charge in [0.25, 0.3) is 0 Å². The Labute approximate surface area is 211 Å². The van der Waals surface area contributed by atoms with Gasteiger partial charge in [0.15, 0.2) is 5.78 Å². The third-order valence-corrected chi connectivity index (χ3v) is 5.64. The van der Waals surface area contributed by atoms with Gasteiger partial charge in [-0.15, -0.1) is 0 Å². The zero-order chi connectivity index (χ0) is 26.9. The Kier molecular flexibility index (Phi) is 7.07. The zero-order valence-corrected chi connectivity index (χ0v) is 20.7. The molecule has 4 rings (SSSR count). The molecule has 2 aromatic heterocycles. The van der Waals surface area contributed by atoms with Crippen LogP contribution < -0.4 is 4.74 Å². The number of nitrogens with zero attached hydrogens (tertiary/aromatic N) is 2. The number of carbonyl (C=O) groups excluding carboxylic acids is 2. The van der Waals surface area contributed by atoms with E-state index in [1.54, 1.807) is 54.0 Å². The maximum atomic E-state index is 13.1. The molecule has 0 aliphatic carbocycles. The molecular weight excluding hydrogens is 485 g/mol. The number of carbonyl (C=O) groups is 2. The molecule has 6 nitrogen and oxygen atoms in total. The number of esters is 1. The number of Topliss-reactive ketones (excluding diaryl/α,β-unsaturated/α-hetero) is 1. The lowest BCUT2D eigenvalue weighted by Gasteiger charge is -2.13. The smallest absolute Gasteiger partial charge is 0.417 e. The maximum Gasteiger partial charge on any atom is 0.417 e. The van der Waals surface area contributed by atoms with E-state index in [0.29, 0.717) is 33.6 Å². The fraction of sp³-hybridized carbons (Fsp3) is 0.250. The highest BCUT2D eigenvalue weighted by atomic mass is 19.4. The van der Waals surface area contributed by atoms with E-state index in [2.05, 4.69) is 4.98 Å². The van der Waals surface area contributed by atoms with Gasteiger partial charge in [-0.25, -0.2) is 4.79 Å². The summed E-state index contributed by atoms with van der Waals surface area (Å²) in [5, 5.41) is 0.456. The summed E-state index contributed by atoms with van der Waals surface area (Å²) in [4.78, 5) is 29.9. The zero-order valence-electron chi connectivity index (χ0n) is 20.7. The molecular formula is C28H25F3N2O4. The van der Waals surface area contributed by atoms with E-state index < -0.39 is 17.7 Å². The van der Waals surface area contributed by atoms with Crippen molar-refractivity contribution in [1.29, 1.82) is 0 Å². The monoisotopic (exact) mass is 510 g/mol. The molecule has 0 aliphatic heterocycles. The summed E-state index contributed by atoms with van der Waals surface area (Å²) in [6.07, 6.45) is -3.75. The Hall–Kier alpha value is -4.14. The Morgan fingerprint density at radius 1 is 1.03 bits per heavy atom. The van der Waals surface area contributed by atoms with Crippen molar-refractivity contribution < 1.29 is 32.2 Å². The van der Waals surface area contributed by atoms with Crippen LogP contribution in [0, 0.1) is 0 Å². The van der Waals surface area contributed by atoms with Gasteiger partial charge in [0.1, 0.15) is 11.4 Å². The van der Waals surface area contributed by atoms with Gasteiger partial charge in [0.2, 0.25) is 0 Å². The first-order chi connectivity index (χ1) is 17.5. The van der Waals surface area contributed by atoms with E-state index >= 15 is 0 Å². The number of pyridine rings is 1. The first kappa shape index (κ1) is 25.9. The lowest BCUT2D eigenvalue weighted by atomic mass is 10.0. The highest BCUT2D eigenvalue weighted by Crippen LogP contribution is 2.35. The van der Waals surface area contributed by atoms with E-state index in [-0.39, 0.29) is 29.8 Å². The minimum absolute atomic E-state index is 0.0186. The normalized spacial score (nSPS) is 11.7. The highest BCUT2D eigenvalue weighted by Gasteiger charge is 2.31. The lowest BCUT2D eigenvalue weighted by Crippen LogP contribution is -2.14. The fourth-order valence-corrected chi connectivity index (χ4v) is 4.15. The van der Waals surface area contributed by atoms with Gasteiger partial charge < -0.3 is 14.0 Å². The van der Waals surface area contributed by atoms with Crippen molar-refractivity contribution in [3.05, 3.63) is 77.6 Å². The Morgan fingerprint density at radius 3 is 2.27 bits per heavy atom. The summed E-state index contributed by atoms with van der Waals surface area (Å²) < 4.78 is 51.6. The summed E-state index contributed by atoms with van der Waals surface area (Å²) in [6, 6.07) is 14.3. The second-order valence-electron chi connectivity index (χ2n) is 8.66. The van der Waals surface area contributed by atoms with Gasteiger partial charge in [-0.1, -0.05) is 6.07 Å². The number of hydrogen-bond acceptors (Lipinski definition) is 5. The number of ether oxygens (including phenoxy) is 2. The Morgan fingerprint density at radius 2 is 1.73 bits per heavy atom. The van der Waals surface area contributed by atoms with Crippen molar-refractivity contribution in [2.24, 2.45) is 0 Å². The molecule has 2 heterocycles. The summed E-state index contributed by atoms with van der Waals surface area (Å²) in [5.74, 6) is -0.375. The van der Waals surface area contributed by atoms with Crippen molar-refractivity contribution in [2.75, 3.05) is 6.61 Å².